The molecule has 3 aliphatic rings. The maximum Gasteiger partial charge on any atom is 0.179 e. The fourth-order valence-electron chi connectivity index (χ4n) is 5.17. The molecule has 28 heavy (non-hydrogen) atoms. The van der Waals surface area contributed by atoms with E-state index in [9.17, 15) is 5.26 Å². The SMILES string of the molecule is N#CN1CCC2(CNc3cc(-c4cccc(N5CCCCC5)c4)ccc3C2)C1. The molecule has 144 valence electrons. The average molecular weight is 373 g/mol. The van der Waals surface area contributed by atoms with Crippen LogP contribution < -0.4 is 10.2 Å². The molecule has 0 amide bonds. The van der Waals surface area contributed by atoms with Gasteiger partial charge in [-0.05, 0) is 67.0 Å². The first-order valence-electron chi connectivity index (χ1n) is 10.6. The minimum absolute atomic E-state index is 0.221. The van der Waals surface area contributed by atoms with Crippen LogP contribution in [0.5, 0.6) is 0 Å². The number of nitrogens with zero attached hydrogens (tertiary/aromatic N) is 3. The molecule has 1 N–H and O–H groups in total. The van der Waals surface area contributed by atoms with Gasteiger partial charge in [0.05, 0.1) is 0 Å². The summed E-state index contributed by atoms with van der Waals surface area (Å²) in [6.07, 6.45) is 8.47. The van der Waals surface area contributed by atoms with E-state index in [2.05, 4.69) is 58.9 Å². The van der Waals surface area contributed by atoms with Crippen LogP contribution in [0.2, 0.25) is 0 Å². The summed E-state index contributed by atoms with van der Waals surface area (Å²) in [5, 5.41) is 12.9. The molecular weight excluding hydrogens is 344 g/mol. The summed E-state index contributed by atoms with van der Waals surface area (Å²) in [5.41, 5.74) is 6.81. The van der Waals surface area contributed by atoms with Gasteiger partial charge in [0.25, 0.3) is 0 Å². The molecule has 1 unspecified atom stereocenters. The fourth-order valence-corrected chi connectivity index (χ4v) is 5.17. The van der Waals surface area contributed by atoms with Crippen molar-refractivity contribution in [3.63, 3.8) is 0 Å². The zero-order chi connectivity index (χ0) is 19.0. The molecule has 0 aromatic heterocycles. The third-order valence-corrected chi connectivity index (χ3v) is 6.81. The lowest BCUT2D eigenvalue weighted by Crippen LogP contribution is -2.38. The summed E-state index contributed by atoms with van der Waals surface area (Å²) in [6, 6.07) is 15.9. The third-order valence-electron chi connectivity index (χ3n) is 6.81. The number of nitriles is 1. The highest BCUT2D eigenvalue weighted by Crippen LogP contribution is 2.41. The lowest BCUT2D eigenvalue weighted by Gasteiger charge is -2.35. The van der Waals surface area contributed by atoms with Crippen molar-refractivity contribution >= 4 is 11.4 Å². The first-order chi connectivity index (χ1) is 13.7. The first kappa shape index (κ1) is 17.4. The summed E-state index contributed by atoms with van der Waals surface area (Å²) >= 11 is 0. The number of benzene rings is 2. The molecule has 2 fully saturated rings. The predicted octanol–water partition coefficient (Wildman–Crippen LogP) is 4.49. The van der Waals surface area contributed by atoms with E-state index in [0.29, 0.717) is 0 Å². The maximum absolute atomic E-state index is 9.21. The lowest BCUT2D eigenvalue weighted by molar-refractivity contribution is 0.306. The van der Waals surface area contributed by atoms with E-state index in [1.165, 1.54) is 60.4 Å². The van der Waals surface area contributed by atoms with Crippen LogP contribution in [-0.2, 0) is 6.42 Å². The molecule has 1 spiro atoms. The Kier molecular flexibility index (Phi) is 4.39. The number of likely N-dealkylation sites (tertiary alicyclic amines) is 1. The van der Waals surface area contributed by atoms with E-state index in [1.807, 2.05) is 4.90 Å². The van der Waals surface area contributed by atoms with Crippen molar-refractivity contribution in [1.82, 2.24) is 4.90 Å². The van der Waals surface area contributed by atoms with Crippen molar-refractivity contribution in [3.8, 4) is 17.3 Å². The molecule has 0 radical (unpaired) electrons. The molecular formula is C24H28N4. The van der Waals surface area contributed by atoms with Crippen LogP contribution >= 0.6 is 0 Å². The van der Waals surface area contributed by atoms with E-state index in [4.69, 9.17) is 0 Å². The lowest BCUT2D eigenvalue weighted by atomic mass is 9.77. The fraction of sp³-hybridized carbons (Fsp3) is 0.458. The average Bonchev–Trinajstić information content (AvgIpc) is 3.16. The Bertz CT molecular complexity index is 909. The van der Waals surface area contributed by atoms with E-state index in [-0.39, 0.29) is 5.41 Å². The summed E-state index contributed by atoms with van der Waals surface area (Å²) < 4.78 is 0. The highest BCUT2D eigenvalue weighted by Gasteiger charge is 2.40. The number of anilines is 2. The predicted molar refractivity (Wildman–Crippen MR) is 114 cm³/mol. The Morgan fingerprint density at radius 1 is 0.964 bits per heavy atom. The number of fused-ring (bicyclic) bond motifs is 1. The molecule has 5 rings (SSSR count). The van der Waals surface area contributed by atoms with Crippen LogP contribution in [0.3, 0.4) is 0 Å². The van der Waals surface area contributed by atoms with Gasteiger partial charge in [-0.15, -0.1) is 0 Å². The standard InChI is InChI=1S/C24H28N4/c25-18-27-12-9-24(17-27)15-21-8-7-20(14-23(21)26-16-24)19-5-4-6-22(13-19)28-10-2-1-3-11-28/h4-8,13-14,26H,1-3,9-12,15-17H2. The molecule has 0 aliphatic carbocycles. The molecule has 1 atom stereocenters. The Balaban J connectivity index is 1.38. The zero-order valence-electron chi connectivity index (χ0n) is 16.5. The third kappa shape index (κ3) is 3.20. The number of hydrogen-bond donors (Lipinski definition) is 1. The van der Waals surface area contributed by atoms with Gasteiger partial charge in [0, 0.05) is 49.5 Å². The van der Waals surface area contributed by atoms with Crippen LogP contribution in [0.4, 0.5) is 11.4 Å². The van der Waals surface area contributed by atoms with Crippen LogP contribution in [0.25, 0.3) is 11.1 Å². The van der Waals surface area contributed by atoms with Crippen molar-refractivity contribution in [3.05, 3.63) is 48.0 Å². The smallest absolute Gasteiger partial charge is 0.179 e. The van der Waals surface area contributed by atoms with E-state index >= 15 is 0 Å². The molecule has 2 saturated heterocycles. The molecule has 2 aromatic rings. The van der Waals surface area contributed by atoms with Crippen molar-refractivity contribution < 1.29 is 0 Å². The minimum atomic E-state index is 0.221. The second-order valence-electron chi connectivity index (χ2n) is 8.77. The normalized spacial score (nSPS) is 24.0. The quantitative estimate of drug-likeness (QED) is 0.789. The summed E-state index contributed by atoms with van der Waals surface area (Å²) in [5.74, 6) is 0. The van der Waals surface area contributed by atoms with Crippen molar-refractivity contribution in [2.75, 3.05) is 42.9 Å². The molecule has 0 bridgehead atoms. The first-order valence-corrected chi connectivity index (χ1v) is 10.6. The minimum Gasteiger partial charge on any atom is -0.384 e. The largest absolute Gasteiger partial charge is 0.384 e. The number of hydrogen-bond acceptors (Lipinski definition) is 4. The van der Waals surface area contributed by atoms with E-state index in [1.54, 1.807) is 0 Å². The van der Waals surface area contributed by atoms with Gasteiger partial charge in [-0.3, -0.25) is 0 Å². The molecule has 2 aromatic carbocycles. The summed E-state index contributed by atoms with van der Waals surface area (Å²) in [4.78, 5) is 4.43. The van der Waals surface area contributed by atoms with Gasteiger partial charge in [0.15, 0.2) is 6.19 Å². The monoisotopic (exact) mass is 372 g/mol. The number of nitrogens with one attached hydrogen (secondary N) is 1. The van der Waals surface area contributed by atoms with E-state index < -0.39 is 0 Å². The van der Waals surface area contributed by atoms with Gasteiger partial charge in [-0.2, -0.15) is 5.26 Å². The Morgan fingerprint density at radius 3 is 2.64 bits per heavy atom. The summed E-state index contributed by atoms with van der Waals surface area (Å²) in [7, 11) is 0. The topological polar surface area (TPSA) is 42.3 Å². The zero-order valence-corrected chi connectivity index (χ0v) is 16.5. The Morgan fingerprint density at radius 2 is 1.82 bits per heavy atom. The highest BCUT2D eigenvalue weighted by molar-refractivity contribution is 5.73. The van der Waals surface area contributed by atoms with Gasteiger partial charge in [-0.1, -0.05) is 24.3 Å². The van der Waals surface area contributed by atoms with Crippen molar-refractivity contribution in [2.45, 2.75) is 32.1 Å². The maximum atomic E-state index is 9.21. The van der Waals surface area contributed by atoms with Crippen LogP contribution in [0, 0.1) is 16.9 Å². The van der Waals surface area contributed by atoms with Crippen molar-refractivity contribution in [2.24, 2.45) is 5.41 Å². The molecule has 3 aliphatic heterocycles. The number of rotatable bonds is 2. The number of piperidine rings is 1. The Labute approximate surface area is 167 Å². The van der Waals surface area contributed by atoms with E-state index in [0.717, 1.165) is 32.5 Å². The Hall–Kier alpha value is -2.67. The van der Waals surface area contributed by atoms with Crippen molar-refractivity contribution in [1.29, 1.82) is 5.26 Å². The van der Waals surface area contributed by atoms with Gasteiger partial charge >= 0.3 is 0 Å². The van der Waals surface area contributed by atoms with Crippen LogP contribution in [0.15, 0.2) is 42.5 Å². The van der Waals surface area contributed by atoms with Crippen LogP contribution in [-0.4, -0.2) is 37.6 Å². The highest BCUT2D eigenvalue weighted by atomic mass is 15.2. The van der Waals surface area contributed by atoms with Gasteiger partial charge < -0.3 is 15.1 Å². The van der Waals surface area contributed by atoms with Gasteiger partial charge in [-0.25, -0.2) is 0 Å². The second kappa shape index (κ2) is 7.05. The second-order valence-corrected chi connectivity index (χ2v) is 8.77. The molecule has 4 heteroatoms. The molecule has 4 nitrogen and oxygen atoms in total. The van der Waals surface area contributed by atoms with Gasteiger partial charge in [0.1, 0.15) is 0 Å². The van der Waals surface area contributed by atoms with Crippen LogP contribution in [0.1, 0.15) is 31.2 Å². The summed E-state index contributed by atoms with van der Waals surface area (Å²) in [6.45, 7) is 5.11. The van der Waals surface area contributed by atoms with Gasteiger partial charge in [0.2, 0.25) is 0 Å². The molecule has 0 saturated carbocycles. The molecule has 3 heterocycles.